The molecule has 3 aromatic rings. The second kappa shape index (κ2) is 8.98. The van der Waals surface area contributed by atoms with Crippen LogP contribution in [0.2, 0.25) is 0 Å². The summed E-state index contributed by atoms with van der Waals surface area (Å²) in [4.78, 5) is 25.2. The van der Waals surface area contributed by atoms with E-state index in [1.807, 2.05) is 49.3 Å². The third-order valence-corrected chi connectivity index (χ3v) is 5.02. The Morgan fingerprint density at radius 2 is 2.03 bits per heavy atom. The zero-order chi connectivity index (χ0) is 21.8. The summed E-state index contributed by atoms with van der Waals surface area (Å²) in [6.45, 7) is 7.83. The van der Waals surface area contributed by atoms with E-state index in [9.17, 15) is 0 Å². The molecule has 8 nitrogen and oxygen atoms in total. The number of hydrogen-bond acceptors (Lipinski definition) is 7. The lowest BCUT2D eigenvalue weighted by Crippen LogP contribution is -2.44. The van der Waals surface area contributed by atoms with Crippen LogP contribution in [0, 0.1) is 11.8 Å². The second-order valence-electron chi connectivity index (χ2n) is 7.47. The van der Waals surface area contributed by atoms with E-state index in [1.54, 1.807) is 6.20 Å². The predicted molar refractivity (Wildman–Crippen MR) is 123 cm³/mol. The van der Waals surface area contributed by atoms with E-state index in [1.165, 1.54) is 0 Å². The van der Waals surface area contributed by atoms with Crippen LogP contribution in [0.15, 0.2) is 41.5 Å². The molecule has 1 aliphatic heterocycles. The minimum absolute atomic E-state index is 0.165. The quantitative estimate of drug-likeness (QED) is 0.521. The first-order valence-electron chi connectivity index (χ1n) is 10.1. The number of hydrogen-bond donors (Lipinski definition) is 1. The minimum atomic E-state index is 0.165. The standard InChI is InChI=1S/C23H25N7O/c1-16-15-31-13-12-30(16)23-21(24-2)22(29(3)4)27-20(28-23)11-10-19-25-14-18(26-19)17-8-6-5-7-9-17/h5-9,14,16H,2,12-13,15H2,1,3-4H3,(H,25,26)/t16-/m0/s1. The Morgan fingerprint density at radius 1 is 1.23 bits per heavy atom. The number of imidazole rings is 1. The number of nitrogens with one attached hydrogen (secondary N) is 1. The number of nitrogens with zero attached hydrogens (tertiary/aromatic N) is 6. The van der Waals surface area contributed by atoms with Crippen LogP contribution < -0.4 is 9.80 Å². The van der Waals surface area contributed by atoms with Gasteiger partial charge in [-0.2, -0.15) is 0 Å². The van der Waals surface area contributed by atoms with Gasteiger partial charge in [0.15, 0.2) is 17.5 Å². The van der Waals surface area contributed by atoms with Crippen molar-refractivity contribution < 1.29 is 4.74 Å². The first-order chi connectivity index (χ1) is 15.1. The van der Waals surface area contributed by atoms with E-state index in [0.29, 0.717) is 36.4 Å². The van der Waals surface area contributed by atoms with Gasteiger partial charge in [0, 0.05) is 20.6 Å². The molecule has 0 spiro atoms. The van der Waals surface area contributed by atoms with Crippen LogP contribution in [0.3, 0.4) is 0 Å². The highest BCUT2D eigenvalue weighted by Crippen LogP contribution is 2.35. The van der Waals surface area contributed by atoms with Crippen LogP contribution in [-0.4, -0.2) is 66.5 Å². The molecule has 0 bridgehead atoms. The number of anilines is 2. The molecule has 0 radical (unpaired) electrons. The third-order valence-electron chi connectivity index (χ3n) is 5.02. The maximum atomic E-state index is 5.58. The molecule has 1 N–H and O–H groups in total. The number of rotatable bonds is 4. The Kier molecular flexibility index (Phi) is 5.96. The number of ether oxygens (including phenoxy) is 1. The van der Waals surface area contributed by atoms with Crippen LogP contribution in [0.1, 0.15) is 18.6 Å². The molecule has 4 rings (SSSR count). The fourth-order valence-electron chi connectivity index (χ4n) is 3.45. The van der Waals surface area contributed by atoms with E-state index < -0.39 is 0 Å². The normalized spacial score (nSPS) is 15.8. The van der Waals surface area contributed by atoms with Crippen LogP contribution in [-0.2, 0) is 4.74 Å². The fourth-order valence-corrected chi connectivity index (χ4v) is 3.45. The first-order valence-corrected chi connectivity index (χ1v) is 10.1. The molecule has 1 atom stereocenters. The molecule has 1 fully saturated rings. The van der Waals surface area contributed by atoms with Crippen molar-refractivity contribution in [3.63, 3.8) is 0 Å². The van der Waals surface area contributed by atoms with Crippen molar-refractivity contribution >= 4 is 24.0 Å². The molecular weight excluding hydrogens is 390 g/mol. The Bertz CT molecular complexity index is 1130. The summed E-state index contributed by atoms with van der Waals surface area (Å²) >= 11 is 0. The molecule has 1 aromatic carbocycles. The van der Waals surface area contributed by atoms with Crippen LogP contribution >= 0.6 is 0 Å². The Morgan fingerprint density at radius 3 is 2.74 bits per heavy atom. The van der Waals surface area contributed by atoms with Gasteiger partial charge in [-0.1, -0.05) is 30.3 Å². The summed E-state index contributed by atoms with van der Waals surface area (Å²) in [6, 6.07) is 10.2. The van der Waals surface area contributed by atoms with Gasteiger partial charge in [-0.05, 0) is 31.0 Å². The Labute approximate surface area is 182 Å². The summed E-state index contributed by atoms with van der Waals surface area (Å²) in [6.07, 6.45) is 1.77. The Hall–Kier alpha value is -3.70. The zero-order valence-electron chi connectivity index (χ0n) is 18.0. The number of aromatic nitrogens is 4. The van der Waals surface area contributed by atoms with E-state index in [-0.39, 0.29) is 6.04 Å². The molecule has 0 saturated carbocycles. The monoisotopic (exact) mass is 415 g/mol. The van der Waals surface area contributed by atoms with Gasteiger partial charge in [-0.3, -0.25) is 4.99 Å². The number of benzene rings is 1. The van der Waals surface area contributed by atoms with Gasteiger partial charge in [0.05, 0.1) is 31.1 Å². The molecule has 0 amide bonds. The minimum Gasteiger partial charge on any atom is -0.377 e. The largest absolute Gasteiger partial charge is 0.377 e. The van der Waals surface area contributed by atoms with Crippen molar-refractivity contribution in [1.82, 2.24) is 19.9 Å². The summed E-state index contributed by atoms with van der Waals surface area (Å²) in [5.41, 5.74) is 2.61. The molecular formula is C23H25N7O. The van der Waals surface area contributed by atoms with Crippen molar-refractivity contribution in [2.45, 2.75) is 13.0 Å². The highest BCUT2D eigenvalue weighted by Gasteiger charge is 2.26. The van der Waals surface area contributed by atoms with Gasteiger partial charge in [-0.15, -0.1) is 0 Å². The smallest absolute Gasteiger partial charge is 0.209 e. The van der Waals surface area contributed by atoms with Gasteiger partial charge < -0.3 is 19.5 Å². The average molecular weight is 416 g/mol. The fraction of sp³-hybridized carbons (Fsp3) is 0.304. The van der Waals surface area contributed by atoms with Crippen molar-refractivity contribution in [3.05, 3.63) is 48.2 Å². The van der Waals surface area contributed by atoms with Crippen molar-refractivity contribution in [3.8, 4) is 23.1 Å². The predicted octanol–water partition coefficient (Wildman–Crippen LogP) is 2.89. The SMILES string of the molecule is C=Nc1c(N(C)C)nc(C#Cc2ncc(-c3ccccc3)[nH]2)nc1N1CCOC[C@@H]1C. The number of aliphatic imine (C=N–C) groups is 1. The number of H-pyrrole nitrogens is 1. The summed E-state index contributed by atoms with van der Waals surface area (Å²) in [7, 11) is 3.83. The second-order valence-corrected chi connectivity index (χ2v) is 7.47. The van der Waals surface area contributed by atoms with Crippen molar-refractivity contribution in [2.75, 3.05) is 43.7 Å². The summed E-state index contributed by atoms with van der Waals surface area (Å²) < 4.78 is 5.58. The molecule has 0 unspecified atom stereocenters. The van der Waals surface area contributed by atoms with Gasteiger partial charge >= 0.3 is 0 Å². The third kappa shape index (κ3) is 4.42. The molecule has 31 heavy (non-hydrogen) atoms. The zero-order valence-corrected chi connectivity index (χ0v) is 18.0. The number of aromatic amines is 1. The molecule has 2 aromatic heterocycles. The highest BCUT2D eigenvalue weighted by atomic mass is 16.5. The van der Waals surface area contributed by atoms with Crippen molar-refractivity contribution in [1.29, 1.82) is 0 Å². The molecule has 3 heterocycles. The molecule has 1 saturated heterocycles. The summed E-state index contributed by atoms with van der Waals surface area (Å²) in [5.74, 6) is 8.46. The van der Waals surface area contributed by atoms with Crippen LogP contribution in [0.5, 0.6) is 0 Å². The lowest BCUT2D eigenvalue weighted by molar-refractivity contribution is 0.0986. The first kappa shape index (κ1) is 20.6. The van der Waals surface area contributed by atoms with Crippen molar-refractivity contribution in [2.24, 2.45) is 4.99 Å². The number of morpholine rings is 1. The topological polar surface area (TPSA) is 82.5 Å². The maximum absolute atomic E-state index is 5.58. The molecule has 1 aliphatic rings. The maximum Gasteiger partial charge on any atom is 0.209 e. The van der Waals surface area contributed by atoms with Gasteiger partial charge in [0.2, 0.25) is 5.82 Å². The average Bonchev–Trinajstić information content (AvgIpc) is 3.27. The lowest BCUT2D eigenvalue weighted by Gasteiger charge is -2.35. The van der Waals surface area contributed by atoms with Crippen LogP contribution in [0.25, 0.3) is 11.3 Å². The molecule has 0 aliphatic carbocycles. The molecule has 158 valence electrons. The molecule has 8 heteroatoms. The van der Waals surface area contributed by atoms with Gasteiger partial charge in [0.25, 0.3) is 0 Å². The Balaban J connectivity index is 1.71. The van der Waals surface area contributed by atoms with E-state index >= 15 is 0 Å². The summed E-state index contributed by atoms with van der Waals surface area (Å²) in [5, 5.41) is 0. The van der Waals surface area contributed by atoms with E-state index in [0.717, 1.165) is 23.6 Å². The highest BCUT2D eigenvalue weighted by molar-refractivity contribution is 5.78. The van der Waals surface area contributed by atoms with E-state index in [4.69, 9.17) is 9.72 Å². The lowest BCUT2D eigenvalue weighted by atomic mass is 10.2. The van der Waals surface area contributed by atoms with Crippen LogP contribution in [0.4, 0.5) is 17.3 Å². The van der Waals surface area contributed by atoms with E-state index in [2.05, 4.69) is 50.3 Å². The van der Waals surface area contributed by atoms with Gasteiger partial charge in [-0.25, -0.2) is 15.0 Å². The van der Waals surface area contributed by atoms with Gasteiger partial charge in [0.1, 0.15) is 5.69 Å².